The highest BCUT2D eigenvalue weighted by atomic mass is 32.2. The monoisotopic (exact) mass is 513 g/mol. The van der Waals surface area contributed by atoms with Gasteiger partial charge in [0.25, 0.3) is 10.0 Å². The van der Waals surface area contributed by atoms with Crippen LogP contribution in [0.25, 0.3) is 10.9 Å². The van der Waals surface area contributed by atoms with Crippen LogP contribution in [0.1, 0.15) is 31.1 Å². The lowest BCUT2D eigenvalue weighted by Gasteiger charge is -2.17. The number of alkyl halides is 3. The van der Waals surface area contributed by atoms with Gasteiger partial charge < -0.3 is 9.84 Å². The molecule has 188 valence electrons. The molecule has 2 atom stereocenters. The molecule has 1 aliphatic rings. The molecule has 10 nitrogen and oxygen atoms in total. The number of ether oxygens (including phenoxy) is 1. The Labute approximate surface area is 198 Å². The molecule has 14 heteroatoms. The maximum Gasteiger partial charge on any atom is 0.416 e. The van der Waals surface area contributed by atoms with E-state index in [-0.39, 0.29) is 46.5 Å². The zero-order chi connectivity index (χ0) is 25.5. The molecule has 3 heterocycles. The maximum absolute atomic E-state index is 13.4. The number of aliphatic carboxylic acids is 1. The number of rotatable bonds is 7. The zero-order valence-corrected chi connectivity index (χ0v) is 19.5. The number of fused-ring (bicyclic) bond motifs is 1. The topological polar surface area (TPSA) is 128 Å². The largest absolute Gasteiger partial charge is 0.481 e. The van der Waals surface area contributed by atoms with Gasteiger partial charge in [0.15, 0.2) is 5.03 Å². The summed E-state index contributed by atoms with van der Waals surface area (Å²) in [6.45, 7) is 3.82. The lowest BCUT2D eigenvalue weighted by atomic mass is 10.1. The van der Waals surface area contributed by atoms with Crippen LogP contribution in [0, 0.1) is 5.92 Å². The molecule has 0 unspecified atom stereocenters. The van der Waals surface area contributed by atoms with Crippen molar-refractivity contribution in [1.82, 2.24) is 24.3 Å². The Kier molecular flexibility index (Phi) is 6.44. The van der Waals surface area contributed by atoms with Crippen LogP contribution in [0.5, 0.6) is 5.88 Å². The summed E-state index contributed by atoms with van der Waals surface area (Å²) in [7, 11) is -4.05. The Hall–Kier alpha value is -3.26. The summed E-state index contributed by atoms with van der Waals surface area (Å²) in [6.07, 6.45) is -5.10. The second-order valence-electron chi connectivity index (χ2n) is 8.20. The smallest absolute Gasteiger partial charge is 0.416 e. The molecule has 0 saturated carbocycles. The number of benzene rings is 1. The van der Waals surface area contributed by atoms with Crippen molar-refractivity contribution >= 4 is 26.9 Å². The van der Waals surface area contributed by atoms with Gasteiger partial charge in [-0.25, -0.2) is 8.42 Å². The van der Waals surface area contributed by atoms with E-state index in [1.54, 1.807) is 13.8 Å². The highest BCUT2D eigenvalue weighted by Crippen LogP contribution is 2.37. The van der Waals surface area contributed by atoms with Gasteiger partial charge in [-0.3, -0.25) is 9.48 Å². The van der Waals surface area contributed by atoms with E-state index >= 15 is 0 Å². The second kappa shape index (κ2) is 9.07. The van der Waals surface area contributed by atoms with Crippen LogP contribution < -0.4 is 4.74 Å². The van der Waals surface area contributed by atoms with Gasteiger partial charge in [-0.15, -0.1) is 10.2 Å². The average Bonchev–Trinajstić information content (AvgIpc) is 3.34. The van der Waals surface area contributed by atoms with Crippen LogP contribution in [-0.2, 0) is 27.4 Å². The summed E-state index contributed by atoms with van der Waals surface area (Å²) in [5, 5.41) is 21.0. The first kappa shape index (κ1) is 24.9. The van der Waals surface area contributed by atoms with Crippen molar-refractivity contribution in [3.8, 4) is 5.88 Å². The van der Waals surface area contributed by atoms with Crippen molar-refractivity contribution in [2.24, 2.45) is 5.92 Å². The first-order valence-electron chi connectivity index (χ1n) is 10.7. The molecule has 1 aliphatic heterocycles. The molecule has 0 spiro atoms. The molecule has 0 radical (unpaired) electrons. The van der Waals surface area contributed by atoms with Crippen LogP contribution in [0.15, 0.2) is 35.4 Å². The minimum absolute atomic E-state index is 0.0659. The fraction of sp³-hybridized carbons (Fsp3) is 0.429. The first-order valence-corrected chi connectivity index (χ1v) is 12.1. The van der Waals surface area contributed by atoms with Gasteiger partial charge in [0.05, 0.1) is 35.8 Å². The van der Waals surface area contributed by atoms with Crippen molar-refractivity contribution < 1.29 is 36.2 Å². The van der Waals surface area contributed by atoms with Crippen molar-refractivity contribution in [2.45, 2.75) is 37.5 Å². The standard InChI is InChI=1S/C21H22F3N5O5S/c1-3-34-18-6-7-19(26-25-18)35(32,33)28-10-12(2)17(11-28)29-16-8-13(21(22,23)24)4-5-14(16)15(27-29)9-20(30)31/h4-8,12,17H,3,9-11H2,1-2H3,(H,30,31)/t12-,17+/m1/s1. The van der Waals surface area contributed by atoms with Crippen LogP contribution in [0.2, 0.25) is 0 Å². The van der Waals surface area contributed by atoms with Crippen molar-refractivity contribution in [1.29, 1.82) is 0 Å². The zero-order valence-electron chi connectivity index (χ0n) is 18.7. The second-order valence-corrected chi connectivity index (χ2v) is 10.1. The van der Waals surface area contributed by atoms with Gasteiger partial charge in [0.2, 0.25) is 5.88 Å². The van der Waals surface area contributed by atoms with E-state index < -0.39 is 40.2 Å². The summed E-state index contributed by atoms with van der Waals surface area (Å²) in [5.41, 5.74) is -0.715. The molecule has 1 saturated heterocycles. The van der Waals surface area contributed by atoms with E-state index in [0.717, 1.165) is 12.1 Å². The Morgan fingerprint density at radius 1 is 1.20 bits per heavy atom. The number of hydrogen-bond donors (Lipinski definition) is 1. The van der Waals surface area contributed by atoms with Gasteiger partial charge >= 0.3 is 12.1 Å². The molecule has 1 N–H and O–H groups in total. The Balaban J connectivity index is 1.71. The summed E-state index contributed by atoms with van der Waals surface area (Å²) < 4.78 is 74.1. The van der Waals surface area contributed by atoms with Gasteiger partial charge in [-0.2, -0.15) is 22.6 Å². The fourth-order valence-corrected chi connectivity index (χ4v) is 5.56. The van der Waals surface area contributed by atoms with Crippen molar-refractivity contribution in [3.63, 3.8) is 0 Å². The summed E-state index contributed by atoms with van der Waals surface area (Å²) in [4.78, 5) is 11.3. The summed E-state index contributed by atoms with van der Waals surface area (Å²) in [6, 6.07) is 5.01. The Morgan fingerprint density at radius 2 is 1.94 bits per heavy atom. The van der Waals surface area contributed by atoms with Crippen molar-refractivity contribution in [3.05, 3.63) is 41.6 Å². The Bertz CT molecular complexity index is 1360. The molecule has 35 heavy (non-hydrogen) atoms. The number of aromatic nitrogens is 4. The van der Waals surface area contributed by atoms with Gasteiger partial charge in [-0.05, 0) is 31.0 Å². The molecule has 1 fully saturated rings. The Morgan fingerprint density at radius 3 is 2.54 bits per heavy atom. The molecule has 2 aromatic heterocycles. The van der Waals surface area contributed by atoms with Crippen LogP contribution >= 0.6 is 0 Å². The molecule has 0 bridgehead atoms. The highest BCUT2D eigenvalue weighted by molar-refractivity contribution is 7.89. The average molecular weight is 513 g/mol. The van der Waals surface area contributed by atoms with E-state index in [1.807, 2.05) is 0 Å². The van der Waals surface area contributed by atoms with Gasteiger partial charge in [-0.1, -0.05) is 13.0 Å². The van der Waals surface area contributed by atoms with E-state index in [1.165, 1.54) is 27.2 Å². The number of halogens is 3. The van der Waals surface area contributed by atoms with E-state index in [9.17, 15) is 31.5 Å². The molecule has 0 amide bonds. The lowest BCUT2D eigenvalue weighted by Crippen LogP contribution is -2.30. The fourth-order valence-electron chi connectivity index (χ4n) is 4.13. The predicted molar refractivity (Wildman–Crippen MR) is 116 cm³/mol. The minimum Gasteiger partial charge on any atom is -0.481 e. The molecular formula is C21H22F3N5O5S. The van der Waals surface area contributed by atoms with E-state index in [0.29, 0.717) is 6.61 Å². The number of carboxylic acids is 1. The van der Waals surface area contributed by atoms with Gasteiger partial charge in [0, 0.05) is 24.5 Å². The third-order valence-electron chi connectivity index (χ3n) is 5.80. The number of carbonyl (C=O) groups is 1. The highest BCUT2D eigenvalue weighted by Gasteiger charge is 2.40. The van der Waals surface area contributed by atoms with Crippen molar-refractivity contribution in [2.75, 3.05) is 19.7 Å². The SMILES string of the molecule is CCOc1ccc(S(=O)(=O)N2C[C@@H](C)[C@@H](n3nc(CC(=O)O)c4ccc(C(F)(F)F)cc43)C2)nn1. The van der Waals surface area contributed by atoms with Crippen LogP contribution in [0.3, 0.4) is 0 Å². The number of hydrogen-bond acceptors (Lipinski definition) is 7. The minimum atomic E-state index is -4.61. The predicted octanol–water partition coefficient (Wildman–Crippen LogP) is 2.75. The summed E-state index contributed by atoms with van der Waals surface area (Å²) in [5.74, 6) is -1.35. The normalized spacial score (nSPS) is 19.3. The third kappa shape index (κ3) is 4.80. The number of carboxylic acid groups (broad SMARTS) is 1. The van der Waals surface area contributed by atoms with Gasteiger partial charge in [0.1, 0.15) is 0 Å². The number of nitrogens with zero attached hydrogens (tertiary/aromatic N) is 5. The maximum atomic E-state index is 13.4. The summed E-state index contributed by atoms with van der Waals surface area (Å²) >= 11 is 0. The van der Waals surface area contributed by atoms with Crippen LogP contribution in [-0.4, -0.2) is 63.5 Å². The molecule has 3 aromatic rings. The van der Waals surface area contributed by atoms with Crippen LogP contribution in [0.4, 0.5) is 13.2 Å². The molecule has 1 aromatic carbocycles. The lowest BCUT2D eigenvalue weighted by molar-refractivity contribution is -0.138. The van der Waals surface area contributed by atoms with E-state index in [4.69, 9.17) is 4.74 Å². The molecule has 0 aliphatic carbocycles. The first-order chi connectivity index (χ1) is 16.4. The molecular weight excluding hydrogens is 491 g/mol. The number of sulfonamides is 1. The third-order valence-corrected chi connectivity index (χ3v) is 7.52. The van der Waals surface area contributed by atoms with E-state index in [2.05, 4.69) is 15.3 Å². The molecule has 4 rings (SSSR count). The quantitative estimate of drug-likeness (QED) is 0.511.